The summed E-state index contributed by atoms with van der Waals surface area (Å²) in [6.45, 7) is 23.7. The molecule has 68 heavy (non-hydrogen) atoms. The van der Waals surface area contributed by atoms with Crippen molar-refractivity contribution in [3.05, 3.63) is 98.8 Å². The van der Waals surface area contributed by atoms with Crippen LogP contribution in [0.3, 0.4) is 0 Å². The minimum absolute atomic E-state index is 0.00696. The van der Waals surface area contributed by atoms with Crippen LogP contribution in [0, 0.1) is 5.92 Å². The predicted octanol–water partition coefficient (Wildman–Crippen LogP) is 4.97. The third-order valence-electron chi connectivity index (χ3n) is 13.3. The van der Waals surface area contributed by atoms with Gasteiger partial charge in [0, 0.05) is 18.8 Å². The second-order valence-electron chi connectivity index (χ2n) is 20.8. The smallest absolute Gasteiger partial charge is 0.408 e. The number of hydrogen-bond acceptors (Lipinski definition) is 13. The third-order valence-corrected chi connectivity index (χ3v) is 22.3. The van der Waals surface area contributed by atoms with Crippen LogP contribution in [0.1, 0.15) is 79.2 Å². The van der Waals surface area contributed by atoms with Gasteiger partial charge in [0.25, 0.3) is 5.56 Å². The van der Waals surface area contributed by atoms with Crippen LogP contribution in [0.15, 0.2) is 76.4 Å². The minimum atomic E-state index is -2.78. The Kier molecular flexibility index (Phi) is 19.1. The highest BCUT2D eigenvalue weighted by atomic mass is 28.4. The number of carbonyl (C=O) groups excluding carboxylic acids is 2. The van der Waals surface area contributed by atoms with Crippen molar-refractivity contribution in [2.45, 2.75) is 160 Å². The molecule has 0 saturated carbocycles. The average molecular weight is 986 g/mol. The molecule has 378 valence electrons. The van der Waals surface area contributed by atoms with Crippen molar-refractivity contribution in [3.63, 3.8) is 0 Å². The maximum absolute atomic E-state index is 14.5. The molecular formula is C48H75N5O13Si2. The standard InChI is InChI=1S/C48H75N5O13Si2/c1-30(2)37(55)35(51-45(60)63-29-32-18-15-14-16-19-32)42(57)50-26-17-25-49-36(44(58)59)38(56)39-40(65-67(10,11)47(3,4)5)41(66-68(12,13)48(6,7)8)43(64-39)52-27-24-34(54)53(46(52)61)28-31-20-22-33(62-9)23-21-31/h14-16,18-24,27,30,35-41,43,49,55-56H,17,25-26,28-29H2,1-13H3,(H,50,57)(H,51,60)(H,58,59)/t35-,36+,37+,38+,39?,40-,41-,43-/m1/s1. The summed E-state index contributed by atoms with van der Waals surface area (Å²) in [5.41, 5.74) is 0.141. The molecule has 18 nitrogen and oxygen atoms in total. The minimum Gasteiger partial charge on any atom is -0.497 e. The van der Waals surface area contributed by atoms with E-state index in [0.717, 1.165) is 10.1 Å². The molecule has 3 aromatic rings. The highest BCUT2D eigenvalue weighted by Crippen LogP contribution is 2.46. The van der Waals surface area contributed by atoms with Gasteiger partial charge in [0.2, 0.25) is 5.91 Å². The number of aliphatic hydroxyl groups excluding tert-OH is 2. The van der Waals surface area contributed by atoms with E-state index in [2.05, 4.69) is 36.7 Å². The van der Waals surface area contributed by atoms with E-state index in [9.17, 15) is 39.3 Å². The van der Waals surface area contributed by atoms with Gasteiger partial charge in [-0.05, 0) is 78.4 Å². The molecule has 1 fully saturated rings. The Balaban J connectivity index is 1.62. The largest absolute Gasteiger partial charge is 0.497 e. The van der Waals surface area contributed by atoms with Gasteiger partial charge in [0.05, 0.1) is 19.8 Å². The lowest BCUT2D eigenvalue weighted by atomic mass is 9.99. The van der Waals surface area contributed by atoms with Crippen molar-refractivity contribution >= 4 is 34.6 Å². The van der Waals surface area contributed by atoms with E-state index >= 15 is 0 Å². The fourth-order valence-corrected chi connectivity index (χ4v) is 9.62. The summed E-state index contributed by atoms with van der Waals surface area (Å²) in [6.07, 6.45) is -7.18. The number of alkyl carbamates (subject to hydrolysis) is 1. The van der Waals surface area contributed by atoms with Crippen LogP contribution >= 0.6 is 0 Å². The highest BCUT2D eigenvalue weighted by molar-refractivity contribution is 6.74. The van der Waals surface area contributed by atoms with E-state index in [1.165, 1.54) is 23.9 Å². The van der Waals surface area contributed by atoms with Crippen LogP contribution in [0.25, 0.3) is 0 Å². The van der Waals surface area contributed by atoms with Crippen LogP contribution in [0.2, 0.25) is 36.3 Å². The molecule has 1 aromatic heterocycles. The summed E-state index contributed by atoms with van der Waals surface area (Å²) in [5, 5.41) is 41.1. The van der Waals surface area contributed by atoms with Crippen LogP contribution < -0.4 is 31.9 Å². The van der Waals surface area contributed by atoms with Gasteiger partial charge in [-0.1, -0.05) is 97.9 Å². The number of methoxy groups -OCH3 is 1. The highest BCUT2D eigenvalue weighted by Gasteiger charge is 2.57. The van der Waals surface area contributed by atoms with Gasteiger partial charge in [-0.25, -0.2) is 9.59 Å². The number of benzene rings is 2. The quantitative estimate of drug-likeness (QED) is 0.0577. The number of nitrogens with zero attached hydrogens (tertiary/aromatic N) is 2. The number of carbonyl (C=O) groups is 3. The molecule has 4 rings (SSSR count). The first kappa shape index (κ1) is 55.9. The topological polar surface area (TPSA) is 238 Å². The molecule has 0 spiro atoms. The van der Waals surface area contributed by atoms with Crippen molar-refractivity contribution < 1.29 is 52.8 Å². The number of hydrogen-bond donors (Lipinski definition) is 6. The molecular weight excluding hydrogens is 911 g/mol. The molecule has 2 heterocycles. The van der Waals surface area contributed by atoms with Crippen molar-refractivity contribution in [1.82, 2.24) is 25.1 Å². The first-order chi connectivity index (χ1) is 31.6. The molecule has 1 unspecified atom stereocenters. The molecule has 6 N–H and O–H groups in total. The van der Waals surface area contributed by atoms with Gasteiger partial charge in [0.15, 0.2) is 22.9 Å². The predicted molar refractivity (Wildman–Crippen MR) is 263 cm³/mol. The molecule has 2 aromatic carbocycles. The molecule has 20 heteroatoms. The van der Waals surface area contributed by atoms with Crippen molar-refractivity contribution in [2.24, 2.45) is 5.92 Å². The lowest BCUT2D eigenvalue weighted by Gasteiger charge is -2.44. The Morgan fingerprint density at radius 2 is 1.40 bits per heavy atom. The van der Waals surface area contributed by atoms with Crippen LogP contribution in [-0.2, 0) is 41.1 Å². The molecule has 1 saturated heterocycles. The lowest BCUT2D eigenvalue weighted by molar-refractivity contribution is -0.149. The summed E-state index contributed by atoms with van der Waals surface area (Å²) < 4.78 is 33.8. The zero-order valence-corrected chi connectivity index (χ0v) is 43.9. The lowest BCUT2D eigenvalue weighted by Crippen LogP contribution is -2.59. The Morgan fingerprint density at radius 1 is 0.809 bits per heavy atom. The maximum Gasteiger partial charge on any atom is 0.408 e. The van der Waals surface area contributed by atoms with Gasteiger partial charge in [0.1, 0.15) is 48.9 Å². The molecule has 0 bridgehead atoms. The molecule has 0 aliphatic carbocycles. The molecule has 1 aliphatic heterocycles. The third kappa shape index (κ3) is 14.2. The fraction of sp³-hybridized carbons (Fsp3) is 0.604. The Bertz CT molecular complexity index is 2260. The number of aliphatic carboxylic acids is 1. The number of carboxylic acid groups (broad SMARTS) is 1. The van der Waals surface area contributed by atoms with E-state index in [1.54, 1.807) is 62.4 Å². The molecule has 8 atom stereocenters. The van der Waals surface area contributed by atoms with Crippen LogP contribution in [0.4, 0.5) is 4.79 Å². The fourth-order valence-electron chi connectivity index (χ4n) is 7.04. The number of carboxylic acids is 1. The summed E-state index contributed by atoms with van der Waals surface area (Å²) >= 11 is 0. The number of aromatic nitrogens is 2. The average Bonchev–Trinajstić information content (AvgIpc) is 3.59. The zero-order chi connectivity index (χ0) is 50.9. The number of aliphatic hydroxyl groups is 2. The van der Waals surface area contributed by atoms with Gasteiger partial charge in [-0.3, -0.25) is 23.5 Å². The Morgan fingerprint density at radius 3 is 1.94 bits per heavy atom. The van der Waals surface area contributed by atoms with E-state index < -0.39 is 101 Å². The number of nitrogens with one attached hydrogen (secondary N) is 3. The maximum atomic E-state index is 14.5. The van der Waals surface area contributed by atoms with Crippen molar-refractivity contribution in [2.75, 3.05) is 20.2 Å². The first-order valence-electron chi connectivity index (χ1n) is 23.1. The summed E-state index contributed by atoms with van der Waals surface area (Å²) in [4.78, 5) is 66.9. The number of amides is 2. The zero-order valence-electron chi connectivity index (χ0n) is 41.9. The summed E-state index contributed by atoms with van der Waals surface area (Å²) in [6, 6.07) is 14.2. The van der Waals surface area contributed by atoms with E-state index in [4.69, 9.17) is 23.1 Å². The van der Waals surface area contributed by atoms with Crippen molar-refractivity contribution in [1.29, 1.82) is 0 Å². The summed E-state index contributed by atoms with van der Waals surface area (Å²) in [5.74, 6) is -1.87. The Hall–Kier alpha value is -4.68. The van der Waals surface area contributed by atoms with Gasteiger partial charge < -0.3 is 54.3 Å². The number of rotatable bonds is 22. The van der Waals surface area contributed by atoms with Gasteiger partial charge in [-0.2, -0.15) is 0 Å². The SMILES string of the molecule is COc1ccc(Cn2c(=O)ccn([C@@H]3OC([C@@H](O)[C@H](NCCCNC(=O)[C@H](NC(=O)OCc4ccccc4)[C@@H](O)C(C)C)C(=O)O)[C@@H](O[Si](C)(C)C(C)(C)C)[C@H]3O[Si](C)(C)C(C)(C)C)c2=O)cc1. The van der Waals surface area contributed by atoms with Crippen molar-refractivity contribution in [3.8, 4) is 5.75 Å². The van der Waals surface area contributed by atoms with Crippen LogP contribution in [0.5, 0.6) is 5.75 Å². The number of ether oxygens (including phenoxy) is 3. The van der Waals surface area contributed by atoms with Gasteiger partial charge >= 0.3 is 17.8 Å². The van der Waals surface area contributed by atoms with E-state index in [-0.39, 0.29) is 42.7 Å². The molecule has 2 amide bonds. The monoisotopic (exact) mass is 985 g/mol. The first-order valence-corrected chi connectivity index (χ1v) is 28.9. The second kappa shape index (κ2) is 23.3. The normalized spacial score (nSPS) is 19.8. The molecule has 1 aliphatic rings. The molecule has 0 radical (unpaired) electrons. The van der Waals surface area contributed by atoms with E-state index in [1.807, 2.05) is 53.0 Å². The second-order valence-corrected chi connectivity index (χ2v) is 30.3. The Labute approximate surface area is 401 Å². The van der Waals surface area contributed by atoms with E-state index in [0.29, 0.717) is 11.3 Å². The van der Waals surface area contributed by atoms with Crippen LogP contribution in [-0.4, -0.2) is 122 Å². The van der Waals surface area contributed by atoms with Gasteiger partial charge in [-0.15, -0.1) is 0 Å². The summed E-state index contributed by atoms with van der Waals surface area (Å²) in [7, 11) is -4.00.